The highest BCUT2D eigenvalue weighted by Gasteiger charge is 2.35. The van der Waals surface area contributed by atoms with Gasteiger partial charge in [0, 0.05) is 31.6 Å². The number of hydrogen-bond acceptors (Lipinski definition) is 7. The molecule has 0 saturated carbocycles. The maximum Gasteiger partial charge on any atom is 0.335 e. The minimum Gasteiger partial charge on any atom is -0.478 e. The van der Waals surface area contributed by atoms with Crippen molar-refractivity contribution in [2.75, 3.05) is 13.1 Å². The molecule has 0 amide bonds. The van der Waals surface area contributed by atoms with E-state index >= 15 is 0 Å². The Labute approximate surface area is 237 Å². The maximum atomic E-state index is 13.3. The summed E-state index contributed by atoms with van der Waals surface area (Å²) >= 11 is 0. The lowest BCUT2D eigenvalue weighted by atomic mass is 9.97. The van der Waals surface area contributed by atoms with E-state index in [0.717, 1.165) is 22.8 Å². The molecule has 11 heteroatoms. The Hall–Kier alpha value is -4.48. The van der Waals surface area contributed by atoms with Crippen molar-refractivity contribution >= 4 is 16.0 Å². The summed E-state index contributed by atoms with van der Waals surface area (Å²) in [6, 6.07) is 20.9. The second-order valence-corrected chi connectivity index (χ2v) is 11.8. The van der Waals surface area contributed by atoms with Crippen molar-refractivity contribution in [1.82, 2.24) is 18.8 Å². The number of hydrogen-bond donors (Lipinski definition) is 1. The Bertz CT molecular complexity index is 1660. The van der Waals surface area contributed by atoms with Gasteiger partial charge in [0.2, 0.25) is 10.0 Å². The van der Waals surface area contributed by atoms with Crippen LogP contribution in [0.4, 0.5) is 0 Å². The summed E-state index contributed by atoms with van der Waals surface area (Å²) in [5.74, 6) is 0.294. The van der Waals surface area contributed by atoms with Crippen molar-refractivity contribution in [2.24, 2.45) is 0 Å². The van der Waals surface area contributed by atoms with Crippen molar-refractivity contribution in [2.45, 2.75) is 36.5 Å². The van der Waals surface area contributed by atoms with Gasteiger partial charge >= 0.3 is 12.4 Å². The van der Waals surface area contributed by atoms with Gasteiger partial charge in [-0.2, -0.15) is 4.31 Å². The van der Waals surface area contributed by atoms with Crippen LogP contribution in [0.15, 0.2) is 102 Å². The van der Waals surface area contributed by atoms with E-state index in [2.05, 4.69) is 4.98 Å². The standard InChI is InChI=1S/C30H28N4O6S/c35-29(36)23-9-11-25(12-10-23)41(37,38)33-16-13-22(14-17-33)28-32-19-27(26-8-4-5-15-31-26)34(28)30-39-20-24(40-30)18-21-6-2-1-3-7-21/h1-12,15,19-20,22,30H,13-14,16-18H2,(H,35,36). The molecule has 210 valence electrons. The number of carboxylic acid groups (broad SMARTS) is 1. The highest BCUT2D eigenvalue weighted by Crippen LogP contribution is 2.37. The number of allylic oxidation sites excluding steroid dienone is 1. The zero-order chi connectivity index (χ0) is 28.4. The molecule has 1 atom stereocenters. The first-order valence-corrected chi connectivity index (χ1v) is 14.7. The van der Waals surface area contributed by atoms with Crippen molar-refractivity contribution in [3.8, 4) is 11.4 Å². The maximum absolute atomic E-state index is 13.3. The molecule has 0 spiro atoms. The largest absolute Gasteiger partial charge is 0.478 e. The quantitative estimate of drug-likeness (QED) is 0.319. The molecule has 41 heavy (non-hydrogen) atoms. The van der Waals surface area contributed by atoms with Crippen LogP contribution in [0.2, 0.25) is 0 Å². The molecular weight excluding hydrogens is 544 g/mol. The van der Waals surface area contributed by atoms with Crippen LogP contribution in [0.1, 0.15) is 46.9 Å². The Morgan fingerprint density at radius 1 is 0.951 bits per heavy atom. The van der Waals surface area contributed by atoms with Gasteiger partial charge in [-0.05, 0) is 54.8 Å². The van der Waals surface area contributed by atoms with Gasteiger partial charge in [0.25, 0.3) is 0 Å². The predicted octanol–water partition coefficient (Wildman–Crippen LogP) is 4.80. The number of nitrogens with zero attached hydrogens (tertiary/aromatic N) is 4. The number of carboxylic acids is 1. The first-order chi connectivity index (χ1) is 19.9. The molecule has 1 N–H and O–H groups in total. The first-order valence-electron chi connectivity index (χ1n) is 13.3. The highest BCUT2D eigenvalue weighted by atomic mass is 32.2. The van der Waals surface area contributed by atoms with Gasteiger partial charge in [0.05, 0.1) is 28.0 Å². The lowest BCUT2D eigenvalue weighted by Crippen LogP contribution is -2.38. The van der Waals surface area contributed by atoms with Crippen molar-refractivity contribution < 1.29 is 27.8 Å². The molecule has 1 saturated heterocycles. The summed E-state index contributed by atoms with van der Waals surface area (Å²) in [6.07, 6.45) is 6.02. The summed E-state index contributed by atoms with van der Waals surface area (Å²) in [6.45, 7) is 0.590. The van der Waals surface area contributed by atoms with Gasteiger partial charge in [0.1, 0.15) is 17.8 Å². The van der Waals surface area contributed by atoms with Gasteiger partial charge in [0.15, 0.2) is 0 Å². The number of sulfonamides is 1. The summed E-state index contributed by atoms with van der Waals surface area (Å²) < 4.78 is 42.1. The van der Waals surface area contributed by atoms with Crippen LogP contribution in [0, 0.1) is 0 Å². The van der Waals surface area contributed by atoms with Crippen LogP contribution < -0.4 is 0 Å². The number of carbonyl (C=O) groups is 1. The summed E-state index contributed by atoms with van der Waals surface area (Å²) in [5.41, 5.74) is 2.61. The number of benzene rings is 2. The molecule has 2 aromatic heterocycles. The van der Waals surface area contributed by atoms with Crippen LogP contribution in [0.25, 0.3) is 11.4 Å². The zero-order valence-electron chi connectivity index (χ0n) is 22.0. The minimum absolute atomic E-state index is 0.0379. The van der Waals surface area contributed by atoms with Gasteiger partial charge in [-0.1, -0.05) is 36.4 Å². The van der Waals surface area contributed by atoms with E-state index in [0.29, 0.717) is 38.1 Å². The number of ether oxygens (including phenoxy) is 2. The van der Waals surface area contributed by atoms with Gasteiger partial charge in [-0.3, -0.25) is 9.55 Å². The fourth-order valence-corrected chi connectivity index (χ4v) is 6.66. The Morgan fingerprint density at radius 2 is 1.68 bits per heavy atom. The van der Waals surface area contributed by atoms with Crippen LogP contribution in [0.5, 0.6) is 0 Å². The molecule has 6 rings (SSSR count). The van der Waals surface area contributed by atoms with E-state index in [1.165, 1.54) is 28.6 Å². The van der Waals surface area contributed by atoms with Crippen LogP contribution in [0.3, 0.4) is 0 Å². The fraction of sp³-hybridized carbons (Fsp3) is 0.233. The molecule has 4 heterocycles. The molecule has 10 nitrogen and oxygen atoms in total. The summed E-state index contributed by atoms with van der Waals surface area (Å²) in [4.78, 5) is 20.5. The number of aromatic carboxylic acids is 1. The van der Waals surface area contributed by atoms with E-state index in [-0.39, 0.29) is 16.4 Å². The first kappa shape index (κ1) is 26.7. The molecule has 2 aliphatic heterocycles. The Kier molecular flexibility index (Phi) is 7.29. The highest BCUT2D eigenvalue weighted by molar-refractivity contribution is 7.89. The van der Waals surface area contributed by atoms with E-state index in [1.807, 2.05) is 53.1 Å². The third-order valence-electron chi connectivity index (χ3n) is 7.31. The lowest BCUT2D eigenvalue weighted by Gasteiger charge is -2.31. The molecule has 1 fully saturated rings. The molecule has 0 radical (unpaired) electrons. The monoisotopic (exact) mass is 572 g/mol. The van der Waals surface area contributed by atoms with Gasteiger partial charge < -0.3 is 14.6 Å². The molecule has 2 aliphatic rings. The molecule has 0 bridgehead atoms. The fourth-order valence-electron chi connectivity index (χ4n) is 5.19. The molecule has 1 unspecified atom stereocenters. The van der Waals surface area contributed by atoms with E-state index < -0.39 is 22.4 Å². The Morgan fingerprint density at radius 3 is 2.37 bits per heavy atom. The second-order valence-electron chi connectivity index (χ2n) is 9.90. The third-order valence-corrected chi connectivity index (χ3v) is 9.22. The van der Waals surface area contributed by atoms with Crippen molar-refractivity contribution in [3.05, 3.63) is 114 Å². The van der Waals surface area contributed by atoms with E-state index in [9.17, 15) is 13.2 Å². The number of piperidine rings is 1. The smallest absolute Gasteiger partial charge is 0.335 e. The van der Waals surface area contributed by atoms with E-state index in [1.54, 1.807) is 18.7 Å². The molecule has 2 aromatic carbocycles. The number of aromatic nitrogens is 3. The van der Waals surface area contributed by atoms with E-state index in [4.69, 9.17) is 19.6 Å². The lowest BCUT2D eigenvalue weighted by molar-refractivity contribution is -0.0936. The summed E-state index contributed by atoms with van der Waals surface area (Å²) in [7, 11) is -3.77. The van der Waals surface area contributed by atoms with Crippen molar-refractivity contribution in [1.29, 1.82) is 0 Å². The SMILES string of the molecule is O=C(O)c1ccc(S(=O)(=O)N2CCC(c3ncc(-c4ccccn4)n3C3OC=C(Cc4ccccc4)O3)CC2)cc1. The minimum atomic E-state index is -3.77. The third kappa shape index (κ3) is 5.46. The Balaban J connectivity index is 1.22. The topological polar surface area (TPSA) is 124 Å². The van der Waals surface area contributed by atoms with Crippen LogP contribution >= 0.6 is 0 Å². The second kappa shape index (κ2) is 11.2. The number of rotatable bonds is 8. The van der Waals surface area contributed by atoms with Gasteiger partial charge in [-0.25, -0.2) is 18.2 Å². The average Bonchev–Trinajstić information content (AvgIpc) is 3.65. The summed E-state index contributed by atoms with van der Waals surface area (Å²) in [5, 5.41) is 9.13. The molecule has 4 aromatic rings. The number of pyridine rings is 1. The van der Waals surface area contributed by atoms with Gasteiger partial charge in [-0.15, -0.1) is 0 Å². The normalized spacial score (nSPS) is 18.0. The van der Waals surface area contributed by atoms with Crippen LogP contribution in [-0.2, 0) is 25.9 Å². The molecular formula is C30H28N4O6S. The zero-order valence-corrected chi connectivity index (χ0v) is 22.9. The average molecular weight is 573 g/mol. The number of imidazole rings is 1. The van der Waals surface area contributed by atoms with Crippen LogP contribution in [-0.4, -0.2) is 51.4 Å². The van der Waals surface area contributed by atoms with Crippen molar-refractivity contribution in [3.63, 3.8) is 0 Å². The predicted molar refractivity (Wildman–Crippen MR) is 149 cm³/mol. The molecule has 0 aliphatic carbocycles.